The van der Waals surface area contributed by atoms with Crippen molar-refractivity contribution in [3.8, 4) is 0 Å². The molecule has 16 heavy (non-hydrogen) atoms. The topological polar surface area (TPSA) is 27.1 Å². The number of aryl methyl sites for hydroxylation is 2. The van der Waals surface area contributed by atoms with Gasteiger partial charge in [-0.15, -0.1) is 0 Å². The maximum absolute atomic E-state index is 5.96. The standard InChI is InChI=1S/C13H20N2O/c1-10-8-11(2)15(14-10)12-4-7-16-13(9-12)5-3-6-13/h8,12H,3-7,9H2,1-2H3. The van der Waals surface area contributed by atoms with E-state index in [0.717, 1.165) is 25.1 Å². The lowest BCUT2D eigenvalue weighted by Gasteiger charge is -2.47. The summed E-state index contributed by atoms with van der Waals surface area (Å²) in [6, 6.07) is 2.73. The molecule has 0 aromatic carbocycles. The predicted molar refractivity (Wildman–Crippen MR) is 62.5 cm³/mol. The van der Waals surface area contributed by atoms with Crippen molar-refractivity contribution in [1.82, 2.24) is 9.78 Å². The van der Waals surface area contributed by atoms with Crippen LogP contribution in [0.5, 0.6) is 0 Å². The molecule has 1 saturated carbocycles. The average Bonchev–Trinajstić information content (AvgIpc) is 2.56. The molecular weight excluding hydrogens is 200 g/mol. The summed E-state index contributed by atoms with van der Waals surface area (Å²) in [7, 11) is 0. The molecule has 1 aliphatic heterocycles. The van der Waals surface area contributed by atoms with Gasteiger partial charge < -0.3 is 4.74 Å². The van der Waals surface area contributed by atoms with Crippen molar-refractivity contribution in [2.75, 3.05) is 6.61 Å². The van der Waals surface area contributed by atoms with E-state index in [1.807, 2.05) is 0 Å². The van der Waals surface area contributed by atoms with Crippen molar-refractivity contribution in [3.05, 3.63) is 17.5 Å². The second-order valence-corrected chi connectivity index (χ2v) is 5.40. The van der Waals surface area contributed by atoms with Gasteiger partial charge in [0.15, 0.2) is 0 Å². The number of hydrogen-bond acceptors (Lipinski definition) is 2. The van der Waals surface area contributed by atoms with Crippen molar-refractivity contribution in [2.24, 2.45) is 0 Å². The molecule has 0 amide bonds. The summed E-state index contributed by atoms with van der Waals surface area (Å²) in [5.74, 6) is 0. The van der Waals surface area contributed by atoms with Crippen LogP contribution in [-0.4, -0.2) is 22.0 Å². The molecule has 1 saturated heterocycles. The molecule has 0 bridgehead atoms. The molecule has 3 nitrogen and oxygen atoms in total. The van der Waals surface area contributed by atoms with Crippen LogP contribution >= 0.6 is 0 Å². The molecule has 2 fully saturated rings. The summed E-state index contributed by atoms with van der Waals surface area (Å²) in [6.45, 7) is 5.13. The normalized spacial score (nSPS) is 28.0. The van der Waals surface area contributed by atoms with Crippen LogP contribution in [0.1, 0.15) is 49.5 Å². The molecule has 1 aliphatic carbocycles. The predicted octanol–water partition coefficient (Wildman–Crippen LogP) is 2.77. The Labute approximate surface area is 96.8 Å². The van der Waals surface area contributed by atoms with E-state index in [9.17, 15) is 0 Å². The average molecular weight is 220 g/mol. The Morgan fingerprint density at radius 2 is 2.25 bits per heavy atom. The minimum Gasteiger partial charge on any atom is -0.375 e. The molecule has 1 aromatic rings. The van der Waals surface area contributed by atoms with Gasteiger partial charge in [-0.3, -0.25) is 4.68 Å². The summed E-state index contributed by atoms with van der Waals surface area (Å²) in [5.41, 5.74) is 2.64. The van der Waals surface area contributed by atoms with Gasteiger partial charge in [-0.05, 0) is 52.0 Å². The number of aromatic nitrogens is 2. The Kier molecular flexibility index (Phi) is 2.32. The van der Waals surface area contributed by atoms with E-state index >= 15 is 0 Å². The summed E-state index contributed by atoms with van der Waals surface area (Å²) >= 11 is 0. The van der Waals surface area contributed by atoms with E-state index in [4.69, 9.17) is 4.74 Å². The van der Waals surface area contributed by atoms with E-state index < -0.39 is 0 Å². The molecule has 0 radical (unpaired) electrons. The highest BCUT2D eigenvalue weighted by molar-refractivity contribution is 5.09. The van der Waals surface area contributed by atoms with Crippen LogP contribution in [-0.2, 0) is 4.74 Å². The molecule has 2 heterocycles. The molecular formula is C13H20N2O. The highest BCUT2D eigenvalue weighted by atomic mass is 16.5. The first-order chi connectivity index (χ1) is 7.69. The third-order valence-corrected chi connectivity index (χ3v) is 4.12. The summed E-state index contributed by atoms with van der Waals surface area (Å²) in [4.78, 5) is 0. The SMILES string of the molecule is Cc1cc(C)n(C2CCOC3(CCC3)C2)n1. The van der Waals surface area contributed by atoms with Crippen LogP contribution in [0.25, 0.3) is 0 Å². The summed E-state index contributed by atoms with van der Waals surface area (Å²) in [6.07, 6.45) is 6.12. The second kappa shape index (κ2) is 3.59. The van der Waals surface area contributed by atoms with Gasteiger partial charge in [-0.25, -0.2) is 0 Å². The Bertz CT molecular complexity index is 393. The first kappa shape index (κ1) is 10.3. The van der Waals surface area contributed by atoms with E-state index in [0.29, 0.717) is 6.04 Å². The first-order valence-electron chi connectivity index (χ1n) is 6.35. The van der Waals surface area contributed by atoms with E-state index in [-0.39, 0.29) is 5.60 Å². The van der Waals surface area contributed by atoms with Gasteiger partial charge in [0.05, 0.1) is 17.3 Å². The zero-order valence-electron chi connectivity index (χ0n) is 10.2. The minimum absolute atomic E-state index is 0.217. The van der Waals surface area contributed by atoms with Gasteiger partial charge in [0.25, 0.3) is 0 Å². The highest BCUT2D eigenvalue weighted by Crippen LogP contribution is 2.45. The zero-order valence-corrected chi connectivity index (χ0v) is 10.2. The smallest absolute Gasteiger partial charge is 0.0703 e. The number of nitrogens with zero attached hydrogens (tertiary/aromatic N) is 2. The fourth-order valence-electron chi connectivity index (χ4n) is 3.15. The second-order valence-electron chi connectivity index (χ2n) is 5.40. The third kappa shape index (κ3) is 1.58. The van der Waals surface area contributed by atoms with Gasteiger partial charge in [-0.2, -0.15) is 5.10 Å². The van der Waals surface area contributed by atoms with Gasteiger partial charge in [-0.1, -0.05) is 0 Å². The third-order valence-electron chi connectivity index (χ3n) is 4.12. The molecule has 1 unspecified atom stereocenters. The van der Waals surface area contributed by atoms with Gasteiger partial charge in [0.2, 0.25) is 0 Å². The molecule has 88 valence electrons. The highest BCUT2D eigenvalue weighted by Gasteiger charge is 2.43. The largest absolute Gasteiger partial charge is 0.375 e. The van der Waals surface area contributed by atoms with Crippen molar-refractivity contribution >= 4 is 0 Å². The van der Waals surface area contributed by atoms with Crippen LogP contribution in [0.2, 0.25) is 0 Å². The lowest BCUT2D eigenvalue weighted by molar-refractivity contribution is -0.141. The lowest BCUT2D eigenvalue weighted by atomic mass is 9.74. The van der Waals surface area contributed by atoms with Crippen molar-refractivity contribution in [3.63, 3.8) is 0 Å². The fraction of sp³-hybridized carbons (Fsp3) is 0.769. The molecule has 2 aliphatic rings. The van der Waals surface area contributed by atoms with Gasteiger partial charge in [0, 0.05) is 12.3 Å². The van der Waals surface area contributed by atoms with E-state index in [2.05, 4.69) is 29.7 Å². The first-order valence-corrected chi connectivity index (χ1v) is 6.35. The molecule has 1 atom stereocenters. The van der Waals surface area contributed by atoms with Gasteiger partial charge in [0.1, 0.15) is 0 Å². The van der Waals surface area contributed by atoms with Crippen LogP contribution in [0.15, 0.2) is 6.07 Å². The molecule has 3 rings (SSSR count). The Morgan fingerprint density at radius 1 is 1.44 bits per heavy atom. The Balaban J connectivity index is 1.81. The summed E-state index contributed by atoms with van der Waals surface area (Å²) in [5, 5.41) is 4.62. The monoisotopic (exact) mass is 220 g/mol. The molecule has 0 N–H and O–H groups in total. The maximum atomic E-state index is 5.96. The quantitative estimate of drug-likeness (QED) is 0.727. The summed E-state index contributed by atoms with van der Waals surface area (Å²) < 4.78 is 8.18. The fourth-order valence-corrected chi connectivity index (χ4v) is 3.15. The van der Waals surface area contributed by atoms with Crippen molar-refractivity contribution in [1.29, 1.82) is 0 Å². The van der Waals surface area contributed by atoms with Crippen molar-refractivity contribution in [2.45, 2.75) is 57.6 Å². The minimum atomic E-state index is 0.217. The van der Waals surface area contributed by atoms with Gasteiger partial charge >= 0.3 is 0 Å². The lowest BCUT2D eigenvalue weighted by Crippen LogP contribution is -2.46. The van der Waals surface area contributed by atoms with E-state index in [1.165, 1.54) is 25.0 Å². The zero-order chi connectivity index (χ0) is 11.2. The Hall–Kier alpha value is -0.830. The van der Waals surface area contributed by atoms with Crippen molar-refractivity contribution < 1.29 is 4.74 Å². The van der Waals surface area contributed by atoms with Crippen LogP contribution in [0.3, 0.4) is 0 Å². The van der Waals surface area contributed by atoms with E-state index in [1.54, 1.807) is 0 Å². The molecule has 1 spiro atoms. The maximum Gasteiger partial charge on any atom is 0.0703 e. The molecule has 1 aromatic heterocycles. The van der Waals surface area contributed by atoms with Crippen LogP contribution < -0.4 is 0 Å². The van der Waals surface area contributed by atoms with Crippen LogP contribution in [0, 0.1) is 13.8 Å². The number of rotatable bonds is 1. The number of hydrogen-bond donors (Lipinski definition) is 0. The molecule has 3 heteroatoms. The van der Waals surface area contributed by atoms with Crippen LogP contribution in [0.4, 0.5) is 0 Å². The Morgan fingerprint density at radius 3 is 2.81 bits per heavy atom. The number of ether oxygens (including phenoxy) is 1.